The number of methoxy groups -OCH3 is 2. The van der Waals surface area contributed by atoms with Crippen LogP contribution in [0.4, 0.5) is 5.69 Å². The summed E-state index contributed by atoms with van der Waals surface area (Å²) in [7, 11) is 3.18. The van der Waals surface area contributed by atoms with E-state index < -0.39 is 0 Å². The topological polar surface area (TPSA) is 44.5 Å². The minimum absolute atomic E-state index is 0.578. The van der Waals surface area contributed by atoms with Gasteiger partial charge in [0.25, 0.3) is 0 Å². The standard InChI is InChI=1S/C14H15NO2/c1-16-12-9-8-11(13(15)14(12)17-2)10-6-4-3-5-7-10/h3-9H,15H2,1-2H3. The molecule has 0 saturated heterocycles. The van der Waals surface area contributed by atoms with Gasteiger partial charge in [0.05, 0.1) is 19.9 Å². The second-order valence-electron chi connectivity index (χ2n) is 3.63. The third kappa shape index (κ3) is 2.04. The number of ether oxygens (including phenoxy) is 2. The summed E-state index contributed by atoms with van der Waals surface area (Å²) < 4.78 is 10.5. The molecule has 0 spiro atoms. The summed E-state index contributed by atoms with van der Waals surface area (Å²) in [6.07, 6.45) is 0. The molecule has 0 bridgehead atoms. The molecule has 2 N–H and O–H groups in total. The zero-order valence-corrected chi connectivity index (χ0v) is 9.94. The Morgan fingerprint density at radius 3 is 2.18 bits per heavy atom. The molecule has 0 heterocycles. The van der Waals surface area contributed by atoms with Crippen LogP contribution >= 0.6 is 0 Å². The van der Waals surface area contributed by atoms with Gasteiger partial charge in [0.1, 0.15) is 0 Å². The van der Waals surface area contributed by atoms with Crippen molar-refractivity contribution in [1.82, 2.24) is 0 Å². The molecule has 0 aliphatic carbocycles. The lowest BCUT2D eigenvalue weighted by Crippen LogP contribution is -1.98. The zero-order chi connectivity index (χ0) is 12.3. The van der Waals surface area contributed by atoms with Crippen LogP contribution in [-0.4, -0.2) is 14.2 Å². The van der Waals surface area contributed by atoms with Gasteiger partial charge < -0.3 is 15.2 Å². The maximum absolute atomic E-state index is 6.10. The van der Waals surface area contributed by atoms with E-state index in [4.69, 9.17) is 15.2 Å². The van der Waals surface area contributed by atoms with Gasteiger partial charge in [0.15, 0.2) is 11.5 Å². The first-order valence-corrected chi connectivity index (χ1v) is 5.33. The first-order valence-electron chi connectivity index (χ1n) is 5.33. The third-order valence-electron chi connectivity index (χ3n) is 2.67. The van der Waals surface area contributed by atoms with Crippen LogP contribution in [0.25, 0.3) is 11.1 Å². The fourth-order valence-corrected chi connectivity index (χ4v) is 1.82. The summed E-state index contributed by atoms with van der Waals surface area (Å²) in [4.78, 5) is 0. The van der Waals surface area contributed by atoms with E-state index in [-0.39, 0.29) is 0 Å². The number of nitrogen functional groups attached to an aromatic ring is 1. The minimum atomic E-state index is 0.578. The highest BCUT2D eigenvalue weighted by atomic mass is 16.5. The Morgan fingerprint density at radius 2 is 1.59 bits per heavy atom. The Kier molecular flexibility index (Phi) is 3.19. The predicted octanol–water partition coefficient (Wildman–Crippen LogP) is 2.95. The van der Waals surface area contributed by atoms with Crippen molar-refractivity contribution in [3.8, 4) is 22.6 Å². The molecular formula is C14H15NO2. The minimum Gasteiger partial charge on any atom is -0.493 e. The van der Waals surface area contributed by atoms with Crippen LogP contribution in [0.3, 0.4) is 0 Å². The van der Waals surface area contributed by atoms with Crippen molar-refractivity contribution >= 4 is 5.69 Å². The van der Waals surface area contributed by atoms with Gasteiger partial charge in [0, 0.05) is 5.56 Å². The van der Waals surface area contributed by atoms with Crippen LogP contribution in [0.15, 0.2) is 42.5 Å². The molecule has 0 unspecified atom stereocenters. The Balaban J connectivity index is 2.57. The van der Waals surface area contributed by atoms with E-state index in [1.54, 1.807) is 14.2 Å². The maximum Gasteiger partial charge on any atom is 0.184 e. The predicted molar refractivity (Wildman–Crippen MR) is 69.4 cm³/mol. The van der Waals surface area contributed by atoms with Crippen LogP contribution in [0.2, 0.25) is 0 Å². The van der Waals surface area contributed by atoms with Gasteiger partial charge in [0.2, 0.25) is 0 Å². The number of hydrogen-bond acceptors (Lipinski definition) is 3. The molecule has 0 aromatic heterocycles. The Bertz CT molecular complexity index is 509. The van der Waals surface area contributed by atoms with E-state index in [0.717, 1.165) is 11.1 Å². The molecule has 0 aliphatic rings. The smallest absolute Gasteiger partial charge is 0.184 e. The van der Waals surface area contributed by atoms with E-state index in [0.29, 0.717) is 17.2 Å². The fraction of sp³-hybridized carbons (Fsp3) is 0.143. The molecule has 2 rings (SSSR count). The number of rotatable bonds is 3. The maximum atomic E-state index is 6.10. The van der Waals surface area contributed by atoms with Crippen LogP contribution in [0, 0.1) is 0 Å². The molecule has 0 saturated carbocycles. The molecule has 17 heavy (non-hydrogen) atoms. The molecule has 3 nitrogen and oxygen atoms in total. The summed E-state index contributed by atoms with van der Waals surface area (Å²) in [6.45, 7) is 0. The highest BCUT2D eigenvalue weighted by molar-refractivity contribution is 5.82. The normalized spacial score (nSPS) is 10.0. The lowest BCUT2D eigenvalue weighted by molar-refractivity contribution is 0.356. The Labute approximate surface area is 101 Å². The monoisotopic (exact) mass is 229 g/mol. The highest BCUT2D eigenvalue weighted by Crippen LogP contribution is 2.40. The summed E-state index contributed by atoms with van der Waals surface area (Å²) in [5, 5.41) is 0. The number of hydrogen-bond donors (Lipinski definition) is 1. The van der Waals surface area contributed by atoms with E-state index in [2.05, 4.69) is 0 Å². The molecule has 2 aromatic rings. The van der Waals surface area contributed by atoms with Gasteiger partial charge in [-0.2, -0.15) is 0 Å². The van der Waals surface area contributed by atoms with Gasteiger partial charge in [-0.25, -0.2) is 0 Å². The van der Waals surface area contributed by atoms with E-state index in [1.165, 1.54) is 0 Å². The largest absolute Gasteiger partial charge is 0.493 e. The van der Waals surface area contributed by atoms with Crippen molar-refractivity contribution in [2.24, 2.45) is 0 Å². The molecule has 0 fully saturated rings. The first kappa shape index (κ1) is 11.3. The lowest BCUT2D eigenvalue weighted by atomic mass is 10.0. The third-order valence-corrected chi connectivity index (χ3v) is 2.67. The average molecular weight is 229 g/mol. The molecule has 2 aromatic carbocycles. The second-order valence-corrected chi connectivity index (χ2v) is 3.63. The van der Waals surface area contributed by atoms with E-state index >= 15 is 0 Å². The van der Waals surface area contributed by atoms with Crippen molar-refractivity contribution in [1.29, 1.82) is 0 Å². The number of nitrogens with two attached hydrogens (primary N) is 1. The molecule has 88 valence electrons. The molecule has 3 heteroatoms. The van der Waals surface area contributed by atoms with Gasteiger partial charge in [-0.05, 0) is 17.7 Å². The molecule has 0 radical (unpaired) electrons. The molecule has 0 atom stereocenters. The number of anilines is 1. The van der Waals surface area contributed by atoms with Crippen LogP contribution in [0.5, 0.6) is 11.5 Å². The van der Waals surface area contributed by atoms with E-state index in [9.17, 15) is 0 Å². The quantitative estimate of drug-likeness (QED) is 0.823. The van der Waals surface area contributed by atoms with E-state index in [1.807, 2.05) is 42.5 Å². The number of benzene rings is 2. The average Bonchev–Trinajstić information content (AvgIpc) is 2.39. The van der Waals surface area contributed by atoms with Gasteiger partial charge in [-0.1, -0.05) is 30.3 Å². The lowest BCUT2D eigenvalue weighted by Gasteiger charge is -2.13. The highest BCUT2D eigenvalue weighted by Gasteiger charge is 2.12. The fourth-order valence-electron chi connectivity index (χ4n) is 1.82. The summed E-state index contributed by atoms with van der Waals surface area (Å²) in [5.74, 6) is 1.22. The van der Waals surface area contributed by atoms with Crippen LogP contribution < -0.4 is 15.2 Å². The van der Waals surface area contributed by atoms with Crippen molar-refractivity contribution in [2.75, 3.05) is 20.0 Å². The van der Waals surface area contributed by atoms with Crippen molar-refractivity contribution in [2.45, 2.75) is 0 Å². The summed E-state index contributed by atoms with van der Waals surface area (Å²) in [5.41, 5.74) is 8.70. The van der Waals surface area contributed by atoms with Gasteiger partial charge >= 0.3 is 0 Å². The Morgan fingerprint density at radius 1 is 0.882 bits per heavy atom. The van der Waals surface area contributed by atoms with Crippen molar-refractivity contribution in [3.63, 3.8) is 0 Å². The molecule has 0 amide bonds. The second kappa shape index (κ2) is 4.78. The summed E-state index contributed by atoms with van der Waals surface area (Å²) >= 11 is 0. The van der Waals surface area contributed by atoms with Crippen molar-refractivity contribution in [3.05, 3.63) is 42.5 Å². The van der Waals surface area contributed by atoms with Gasteiger partial charge in [-0.3, -0.25) is 0 Å². The first-order chi connectivity index (χ1) is 8.27. The Hall–Kier alpha value is -2.16. The molecular weight excluding hydrogens is 214 g/mol. The van der Waals surface area contributed by atoms with Crippen LogP contribution in [-0.2, 0) is 0 Å². The zero-order valence-electron chi connectivity index (χ0n) is 9.94. The van der Waals surface area contributed by atoms with Crippen LogP contribution in [0.1, 0.15) is 0 Å². The molecule has 0 aliphatic heterocycles. The summed E-state index contributed by atoms with van der Waals surface area (Å²) in [6, 6.07) is 13.7. The SMILES string of the molecule is COc1ccc(-c2ccccc2)c(N)c1OC. The van der Waals surface area contributed by atoms with Gasteiger partial charge in [-0.15, -0.1) is 0 Å². The van der Waals surface area contributed by atoms with Crippen molar-refractivity contribution < 1.29 is 9.47 Å².